The van der Waals surface area contributed by atoms with E-state index in [1.165, 1.54) is 6.20 Å². The zero-order valence-corrected chi connectivity index (χ0v) is 9.21. The average Bonchev–Trinajstić information content (AvgIpc) is 2.47. The van der Waals surface area contributed by atoms with Gasteiger partial charge in [0.05, 0.1) is 10.5 Å². The normalized spacial score (nSPS) is 10.7. The van der Waals surface area contributed by atoms with Crippen molar-refractivity contribution < 1.29 is 9.90 Å². The molecule has 0 fully saturated rings. The van der Waals surface area contributed by atoms with Crippen molar-refractivity contribution in [3.63, 3.8) is 0 Å². The molecule has 0 radical (unpaired) electrons. The number of carboxylic acid groups (broad SMARTS) is 1. The maximum absolute atomic E-state index is 10.8. The van der Waals surface area contributed by atoms with Gasteiger partial charge in [0.25, 0.3) is 0 Å². The molecule has 1 aromatic carbocycles. The van der Waals surface area contributed by atoms with E-state index in [-0.39, 0.29) is 0 Å². The van der Waals surface area contributed by atoms with Gasteiger partial charge in [-0.1, -0.05) is 27.5 Å². The van der Waals surface area contributed by atoms with Crippen LogP contribution in [0.2, 0.25) is 5.02 Å². The molecule has 0 aliphatic rings. The number of carbonyl (C=O) groups is 1. The minimum Gasteiger partial charge on any atom is -0.464 e. The first-order chi connectivity index (χ1) is 6.59. The van der Waals surface area contributed by atoms with Crippen LogP contribution in [0.3, 0.4) is 0 Å². The molecular formula is C9H5BrClNO2. The van der Waals surface area contributed by atoms with Gasteiger partial charge in [0.2, 0.25) is 0 Å². The zero-order valence-electron chi connectivity index (χ0n) is 6.87. The highest BCUT2D eigenvalue weighted by atomic mass is 79.9. The Morgan fingerprint density at radius 1 is 1.50 bits per heavy atom. The van der Waals surface area contributed by atoms with Crippen molar-refractivity contribution >= 4 is 44.5 Å². The molecule has 0 aliphatic heterocycles. The minimum atomic E-state index is -1.02. The van der Waals surface area contributed by atoms with Crippen LogP contribution in [0.5, 0.6) is 0 Å². The summed E-state index contributed by atoms with van der Waals surface area (Å²) in [6, 6.07) is 5.13. The molecule has 14 heavy (non-hydrogen) atoms. The Balaban J connectivity index is 2.85. The van der Waals surface area contributed by atoms with Crippen LogP contribution >= 0.6 is 27.5 Å². The number of benzene rings is 1. The summed E-state index contributed by atoms with van der Waals surface area (Å²) in [6.07, 6.45) is 0.458. The second-order valence-corrected chi connectivity index (χ2v) is 4.11. The fraction of sp³-hybridized carbons (Fsp3) is 0. The lowest BCUT2D eigenvalue weighted by atomic mass is 10.2. The van der Waals surface area contributed by atoms with Crippen LogP contribution in [0.25, 0.3) is 10.9 Å². The SMILES string of the molecule is O=C(O)n1ccc2c(Cl)cc(Br)cc21. The minimum absolute atomic E-state index is 0.536. The Bertz CT molecular complexity index is 521. The molecule has 2 aromatic rings. The van der Waals surface area contributed by atoms with Gasteiger partial charge in [-0.15, -0.1) is 0 Å². The Kier molecular flexibility index (Phi) is 2.25. The number of hydrogen-bond donors (Lipinski definition) is 1. The van der Waals surface area contributed by atoms with E-state index in [0.717, 1.165) is 14.4 Å². The number of nitrogens with zero attached hydrogens (tertiary/aromatic N) is 1. The van der Waals surface area contributed by atoms with E-state index in [1.54, 1.807) is 18.2 Å². The first-order valence-electron chi connectivity index (χ1n) is 3.79. The second-order valence-electron chi connectivity index (χ2n) is 2.79. The molecule has 0 aliphatic carbocycles. The van der Waals surface area contributed by atoms with Crippen LogP contribution in [-0.2, 0) is 0 Å². The zero-order chi connectivity index (χ0) is 10.3. The van der Waals surface area contributed by atoms with Crippen LogP contribution < -0.4 is 0 Å². The molecule has 1 aromatic heterocycles. The molecule has 1 heterocycles. The molecule has 0 unspecified atom stereocenters. The van der Waals surface area contributed by atoms with Gasteiger partial charge in [0.1, 0.15) is 0 Å². The number of aromatic nitrogens is 1. The lowest BCUT2D eigenvalue weighted by Gasteiger charge is -1.99. The summed E-state index contributed by atoms with van der Waals surface area (Å²) in [4.78, 5) is 10.8. The maximum Gasteiger partial charge on any atom is 0.416 e. The Morgan fingerprint density at radius 2 is 2.21 bits per heavy atom. The van der Waals surface area contributed by atoms with E-state index in [9.17, 15) is 4.79 Å². The van der Waals surface area contributed by atoms with E-state index < -0.39 is 6.09 Å². The van der Waals surface area contributed by atoms with Gasteiger partial charge < -0.3 is 5.11 Å². The number of hydrogen-bond acceptors (Lipinski definition) is 1. The number of rotatable bonds is 0. The third-order valence-corrected chi connectivity index (χ3v) is 2.70. The van der Waals surface area contributed by atoms with Crippen molar-refractivity contribution in [2.75, 3.05) is 0 Å². The molecule has 0 amide bonds. The summed E-state index contributed by atoms with van der Waals surface area (Å²) in [5.74, 6) is 0. The average molecular weight is 275 g/mol. The largest absolute Gasteiger partial charge is 0.464 e. The van der Waals surface area contributed by atoms with E-state index in [2.05, 4.69) is 15.9 Å². The summed E-state index contributed by atoms with van der Waals surface area (Å²) in [5, 5.41) is 10.1. The number of halogens is 2. The summed E-state index contributed by atoms with van der Waals surface area (Å²) in [6.45, 7) is 0. The first-order valence-corrected chi connectivity index (χ1v) is 4.96. The highest BCUT2D eigenvalue weighted by Crippen LogP contribution is 2.28. The van der Waals surface area contributed by atoms with Gasteiger partial charge in [-0.2, -0.15) is 0 Å². The van der Waals surface area contributed by atoms with Crippen molar-refractivity contribution in [3.8, 4) is 0 Å². The third kappa shape index (κ3) is 1.40. The smallest absolute Gasteiger partial charge is 0.416 e. The molecule has 0 saturated carbocycles. The van der Waals surface area contributed by atoms with Crippen LogP contribution in [0.15, 0.2) is 28.9 Å². The van der Waals surface area contributed by atoms with Gasteiger partial charge in [0, 0.05) is 16.1 Å². The Labute approximate surface area is 93.0 Å². The standard InChI is InChI=1S/C9H5BrClNO2/c10-5-3-7(11)6-1-2-12(9(13)14)8(6)4-5/h1-4H,(H,13,14). The van der Waals surface area contributed by atoms with Crippen molar-refractivity contribution in [1.82, 2.24) is 4.57 Å². The maximum atomic E-state index is 10.8. The lowest BCUT2D eigenvalue weighted by Crippen LogP contribution is -2.05. The van der Waals surface area contributed by atoms with Crippen LogP contribution in [0, 0.1) is 0 Å². The van der Waals surface area contributed by atoms with Crippen molar-refractivity contribution in [1.29, 1.82) is 0 Å². The topological polar surface area (TPSA) is 42.2 Å². The van der Waals surface area contributed by atoms with E-state index >= 15 is 0 Å². The van der Waals surface area contributed by atoms with Gasteiger partial charge >= 0.3 is 6.09 Å². The predicted octanol–water partition coefficient (Wildman–Crippen LogP) is 3.58. The highest BCUT2D eigenvalue weighted by Gasteiger charge is 2.09. The van der Waals surface area contributed by atoms with E-state index in [4.69, 9.17) is 16.7 Å². The van der Waals surface area contributed by atoms with Gasteiger partial charge in [-0.3, -0.25) is 4.57 Å². The van der Waals surface area contributed by atoms with Crippen molar-refractivity contribution in [3.05, 3.63) is 33.9 Å². The van der Waals surface area contributed by atoms with Gasteiger partial charge in [-0.25, -0.2) is 4.79 Å². The molecule has 1 N–H and O–H groups in total. The first kappa shape index (κ1) is 9.55. The molecule has 72 valence electrons. The number of fused-ring (bicyclic) bond motifs is 1. The summed E-state index contributed by atoms with van der Waals surface area (Å²) in [7, 11) is 0. The molecule has 0 saturated heterocycles. The van der Waals surface area contributed by atoms with E-state index in [0.29, 0.717) is 10.5 Å². The molecule has 2 rings (SSSR count). The quantitative estimate of drug-likeness (QED) is 0.798. The van der Waals surface area contributed by atoms with Gasteiger partial charge in [-0.05, 0) is 18.2 Å². The van der Waals surface area contributed by atoms with Crippen LogP contribution in [0.4, 0.5) is 4.79 Å². The molecule has 5 heteroatoms. The molecule has 0 atom stereocenters. The van der Waals surface area contributed by atoms with E-state index in [1.807, 2.05) is 0 Å². The van der Waals surface area contributed by atoms with Gasteiger partial charge in [0.15, 0.2) is 0 Å². The fourth-order valence-corrected chi connectivity index (χ4v) is 2.19. The molecule has 3 nitrogen and oxygen atoms in total. The Hall–Kier alpha value is -1.000. The molecule has 0 spiro atoms. The van der Waals surface area contributed by atoms with Crippen molar-refractivity contribution in [2.24, 2.45) is 0 Å². The summed E-state index contributed by atoms with van der Waals surface area (Å²) >= 11 is 9.20. The fourth-order valence-electron chi connectivity index (χ4n) is 1.33. The van der Waals surface area contributed by atoms with Crippen LogP contribution in [0.1, 0.15) is 0 Å². The van der Waals surface area contributed by atoms with Crippen molar-refractivity contribution in [2.45, 2.75) is 0 Å². The molecule has 0 bridgehead atoms. The summed E-state index contributed by atoms with van der Waals surface area (Å²) < 4.78 is 1.89. The predicted molar refractivity (Wildman–Crippen MR) is 58.1 cm³/mol. The lowest BCUT2D eigenvalue weighted by molar-refractivity contribution is 0.197. The monoisotopic (exact) mass is 273 g/mol. The highest BCUT2D eigenvalue weighted by molar-refractivity contribution is 9.10. The van der Waals surface area contributed by atoms with Crippen LogP contribution in [-0.4, -0.2) is 15.8 Å². The second kappa shape index (κ2) is 3.29. The molecular weight excluding hydrogens is 269 g/mol. The summed E-state index contributed by atoms with van der Waals surface area (Å²) in [5.41, 5.74) is 0.580. The Morgan fingerprint density at radius 3 is 2.86 bits per heavy atom. The third-order valence-electron chi connectivity index (χ3n) is 1.93.